The van der Waals surface area contributed by atoms with Crippen LogP contribution < -0.4 is 5.73 Å². The van der Waals surface area contributed by atoms with Gasteiger partial charge in [-0.05, 0) is 24.3 Å². The molecular weight excluding hydrogens is 216 g/mol. The van der Waals surface area contributed by atoms with Gasteiger partial charge in [-0.2, -0.15) is 0 Å². The summed E-state index contributed by atoms with van der Waals surface area (Å²) in [6.45, 7) is 9.53. The summed E-state index contributed by atoms with van der Waals surface area (Å²) in [6, 6.07) is -0.0778. The van der Waals surface area contributed by atoms with Crippen LogP contribution in [0.5, 0.6) is 0 Å². The van der Waals surface area contributed by atoms with Crippen LogP contribution in [0.4, 0.5) is 0 Å². The summed E-state index contributed by atoms with van der Waals surface area (Å²) in [5, 5.41) is 9.50. The number of hydrogen-bond donors (Lipinski definition) is 2. The van der Waals surface area contributed by atoms with E-state index in [0.717, 1.165) is 13.1 Å². The Morgan fingerprint density at radius 3 is 2.53 bits per heavy atom. The quantitative estimate of drug-likeness (QED) is 0.747. The van der Waals surface area contributed by atoms with Gasteiger partial charge < -0.3 is 15.6 Å². The number of hydrogen-bond acceptors (Lipinski definition) is 4. The number of nitrogens with two attached hydrogens (primary N) is 1. The second-order valence-electron chi connectivity index (χ2n) is 6.22. The second kappa shape index (κ2) is 6.14. The topological polar surface area (TPSA) is 58.7 Å². The van der Waals surface area contributed by atoms with Crippen molar-refractivity contribution in [1.82, 2.24) is 4.90 Å². The molecule has 0 aliphatic carbocycles. The van der Waals surface area contributed by atoms with Gasteiger partial charge in [-0.3, -0.25) is 4.90 Å². The Labute approximate surface area is 105 Å². The van der Waals surface area contributed by atoms with Gasteiger partial charge in [-0.1, -0.05) is 20.8 Å². The molecule has 1 aliphatic heterocycles. The maximum absolute atomic E-state index is 9.50. The van der Waals surface area contributed by atoms with E-state index in [1.165, 1.54) is 6.42 Å². The molecule has 1 saturated heterocycles. The molecule has 0 amide bonds. The smallest absolute Gasteiger partial charge is 0.0629 e. The molecule has 0 aromatic heterocycles. The fourth-order valence-electron chi connectivity index (χ4n) is 2.62. The molecule has 3 atom stereocenters. The Hall–Kier alpha value is -0.160. The van der Waals surface area contributed by atoms with Crippen LogP contribution in [0.3, 0.4) is 0 Å². The molecule has 1 aliphatic rings. The number of aliphatic hydroxyl groups excluding tert-OH is 1. The molecule has 1 fully saturated rings. The van der Waals surface area contributed by atoms with Crippen LogP contribution in [-0.2, 0) is 4.74 Å². The molecule has 1 rings (SSSR count). The molecule has 4 heteroatoms. The van der Waals surface area contributed by atoms with Crippen LogP contribution in [0.25, 0.3) is 0 Å². The van der Waals surface area contributed by atoms with Crippen molar-refractivity contribution >= 4 is 0 Å². The first-order chi connectivity index (χ1) is 7.90. The lowest BCUT2D eigenvalue weighted by Gasteiger charge is -2.32. The lowest BCUT2D eigenvalue weighted by molar-refractivity contribution is 0.0779. The van der Waals surface area contributed by atoms with E-state index in [-0.39, 0.29) is 18.7 Å². The van der Waals surface area contributed by atoms with E-state index >= 15 is 0 Å². The number of rotatable bonds is 5. The van der Waals surface area contributed by atoms with Crippen LogP contribution in [-0.4, -0.2) is 55.5 Å². The zero-order valence-electron chi connectivity index (χ0n) is 11.6. The fraction of sp³-hybridized carbons (Fsp3) is 1.00. The molecule has 0 aromatic rings. The van der Waals surface area contributed by atoms with Gasteiger partial charge in [0.05, 0.1) is 19.3 Å². The zero-order valence-corrected chi connectivity index (χ0v) is 11.6. The average Bonchev–Trinajstić information content (AvgIpc) is 2.68. The molecule has 102 valence electrons. The van der Waals surface area contributed by atoms with Crippen molar-refractivity contribution in [3.8, 4) is 0 Å². The first kappa shape index (κ1) is 14.9. The van der Waals surface area contributed by atoms with Crippen LogP contribution in [0.2, 0.25) is 0 Å². The summed E-state index contributed by atoms with van der Waals surface area (Å²) in [5.74, 6) is 0.686. The van der Waals surface area contributed by atoms with Gasteiger partial charge in [0.15, 0.2) is 0 Å². The van der Waals surface area contributed by atoms with E-state index in [4.69, 9.17) is 10.5 Å². The van der Waals surface area contributed by atoms with Gasteiger partial charge in [0.2, 0.25) is 0 Å². The minimum absolute atomic E-state index is 0.0299. The molecule has 3 N–H and O–H groups in total. The van der Waals surface area contributed by atoms with Crippen LogP contribution in [0.1, 0.15) is 27.2 Å². The summed E-state index contributed by atoms with van der Waals surface area (Å²) in [7, 11) is 1.65. The van der Waals surface area contributed by atoms with Crippen LogP contribution in [0, 0.1) is 11.3 Å². The van der Waals surface area contributed by atoms with Gasteiger partial charge in [0.25, 0.3) is 0 Å². The van der Waals surface area contributed by atoms with Gasteiger partial charge >= 0.3 is 0 Å². The summed E-state index contributed by atoms with van der Waals surface area (Å²) in [6.07, 6.45) is 1.19. The third-order valence-electron chi connectivity index (χ3n) is 3.95. The van der Waals surface area contributed by atoms with E-state index in [9.17, 15) is 5.11 Å². The zero-order chi connectivity index (χ0) is 13.1. The minimum Gasteiger partial charge on any atom is -0.395 e. The van der Waals surface area contributed by atoms with Gasteiger partial charge in [0, 0.05) is 19.7 Å². The highest BCUT2D eigenvalue weighted by atomic mass is 16.5. The molecule has 0 bridgehead atoms. The molecule has 3 unspecified atom stereocenters. The van der Waals surface area contributed by atoms with Gasteiger partial charge in [-0.15, -0.1) is 0 Å². The fourth-order valence-corrected chi connectivity index (χ4v) is 2.62. The standard InChI is InChI=1S/C13H28N2O2/c1-13(2,3)10-5-6-15(7-10)12(8-16)11(14)9-17-4/h10-12,16H,5-9,14H2,1-4H3. The number of nitrogens with zero attached hydrogens (tertiary/aromatic N) is 1. The summed E-state index contributed by atoms with van der Waals surface area (Å²) >= 11 is 0. The Bertz CT molecular complexity index is 228. The van der Waals surface area contributed by atoms with E-state index < -0.39 is 0 Å². The van der Waals surface area contributed by atoms with Crippen molar-refractivity contribution in [3.63, 3.8) is 0 Å². The molecule has 0 aromatic carbocycles. The molecule has 4 nitrogen and oxygen atoms in total. The van der Waals surface area contributed by atoms with Gasteiger partial charge in [0.1, 0.15) is 0 Å². The lowest BCUT2D eigenvalue weighted by atomic mass is 9.80. The Balaban J connectivity index is 2.55. The van der Waals surface area contributed by atoms with Crippen molar-refractivity contribution in [2.45, 2.75) is 39.3 Å². The highest BCUT2D eigenvalue weighted by Crippen LogP contribution is 2.34. The van der Waals surface area contributed by atoms with Crippen molar-refractivity contribution in [2.75, 3.05) is 33.4 Å². The van der Waals surface area contributed by atoms with E-state index in [0.29, 0.717) is 17.9 Å². The number of ether oxygens (including phenoxy) is 1. The summed E-state index contributed by atoms with van der Waals surface area (Å²) in [5.41, 5.74) is 6.38. The van der Waals surface area contributed by atoms with E-state index in [1.54, 1.807) is 7.11 Å². The third-order valence-corrected chi connectivity index (χ3v) is 3.95. The highest BCUT2D eigenvalue weighted by Gasteiger charge is 2.36. The molecule has 0 spiro atoms. The predicted molar refractivity (Wildman–Crippen MR) is 69.9 cm³/mol. The minimum atomic E-state index is -0.108. The molecule has 17 heavy (non-hydrogen) atoms. The lowest BCUT2D eigenvalue weighted by Crippen LogP contribution is -2.51. The van der Waals surface area contributed by atoms with Crippen LogP contribution >= 0.6 is 0 Å². The SMILES string of the molecule is COCC(N)C(CO)N1CCC(C(C)(C)C)C1. The first-order valence-electron chi connectivity index (χ1n) is 6.49. The molecular formula is C13H28N2O2. The molecule has 0 saturated carbocycles. The van der Waals surface area contributed by atoms with E-state index in [2.05, 4.69) is 25.7 Å². The maximum Gasteiger partial charge on any atom is 0.0629 e. The summed E-state index contributed by atoms with van der Waals surface area (Å²) < 4.78 is 5.08. The first-order valence-corrected chi connectivity index (χ1v) is 6.49. The van der Waals surface area contributed by atoms with Crippen molar-refractivity contribution in [1.29, 1.82) is 0 Å². The Morgan fingerprint density at radius 2 is 2.12 bits per heavy atom. The third kappa shape index (κ3) is 3.91. The largest absolute Gasteiger partial charge is 0.395 e. The number of methoxy groups -OCH3 is 1. The predicted octanol–water partition coefficient (Wildman–Crippen LogP) is 0.689. The van der Waals surface area contributed by atoms with Crippen molar-refractivity contribution in [3.05, 3.63) is 0 Å². The monoisotopic (exact) mass is 244 g/mol. The highest BCUT2D eigenvalue weighted by molar-refractivity contribution is 4.90. The summed E-state index contributed by atoms with van der Waals surface area (Å²) in [4.78, 5) is 2.32. The number of aliphatic hydroxyl groups is 1. The maximum atomic E-state index is 9.50. The van der Waals surface area contributed by atoms with Crippen molar-refractivity contribution < 1.29 is 9.84 Å². The van der Waals surface area contributed by atoms with Crippen LogP contribution in [0.15, 0.2) is 0 Å². The second-order valence-corrected chi connectivity index (χ2v) is 6.22. The normalized spacial score (nSPS) is 26.1. The van der Waals surface area contributed by atoms with Crippen molar-refractivity contribution in [2.24, 2.45) is 17.1 Å². The molecule has 0 radical (unpaired) electrons. The average molecular weight is 244 g/mol. The Morgan fingerprint density at radius 1 is 1.47 bits per heavy atom. The number of likely N-dealkylation sites (tertiary alicyclic amines) is 1. The van der Waals surface area contributed by atoms with Gasteiger partial charge in [-0.25, -0.2) is 0 Å². The Kier molecular flexibility index (Phi) is 5.38. The molecule has 1 heterocycles. The van der Waals surface area contributed by atoms with E-state index in [1.807, 2.05) is 0 Å².